The lowest BCUT2D eigenvalue weighted by Gasteiger charge is -2.31. The fourth-order valence-corrected chi connectivity index (χ4v) is 2.48. The van der Waals surface area contributed by atoms with Crippen molar-refractivity contribution in [1.82, 2.24) is 4.57 Å². The van der Waals surface area contributed by atoms with Crippen LogP contribution in [0.25, 0.3) is 0 Å². The van der Waals surface area contributed by atoms with E-state index >= 15 is 0 Å². The number of ether oxygens (including phenoxy) is 2. The first kappa shape index (κ1) is 14.6. The zero-order valence-electron chi connectivity index (χ0n) is 11.7. The molecule has 1 aliphatic rings. The van der Waals surface area contributed by atoms with Gasteiger partial charge in [0.2, 0.25) is 0 Å². The molecule has 0 amide bonds. The van der Waals surface area contributed by atoms with E-state index in [2.05, 4.69) is 0 Å². The van der Waals surface area contributed by atoms with Gasteiger partial charge in [-0.05, 0) is 19.9 Å². The van der Waals surface area contributed by atoms with Gasteiger partial charge in [-0.2, -0.15) is 0 Å². The van der Waals surface area contributed by atoms with E-state index in [1.807, 2.05) is 13.8 Å². The maximum atomic E-state index is 11.9. The normalized spacial score (nSPS) is 26.2. The van der Waals surface area contributed by atoms with Crippen molar-refractivity contribution in [2.24, 2.45) is 0 Å². The Bertz CT molecular complexity index is 530. The van der Waals surface area contributed by atoms with Crippen LogP contribution in [0.15, 0.2) is 23.1 Å². The molecule has 1 aromatic heterocycles. The summed E-state index contributed by atoms with van der Waals surface area (Å²) in [5.41, 5.74) is 5.76. The first-order valence-electron chi connectivity index (χ1n) is 6.75. The SMILES string of the molecule is CC1CC(OC(=O)Cn2cc(N)ccc2=O)CC(C)O1. The number of nitrogen functional groups attached to an aromatic ring is 1. The van der Waals surface area contributed by atoms with Crippen LogP contribution in [0.2, 0.25) is 0 Å². The number of hydrogen-bond acceptors (Lipinski definition) is 5. The second-order valence-electron chi connectivity index (χ2n) is 5.27. The highest BCUT2D eigenvalue weighted by Crippen LogP contribution is 2.21. The first-order chi connectivity index (χ1) is 9.44. The van der Waals surface area contributed by atoms with Gasteiger partial charge in [-0.1, -0.05) is 0 Å². The second kappa shape index (κ2) is 6.09. The standard InChI is InChI=1S/C14H20N2O4/c1-9-5-12(6-10(2)19-9)20-14(18)8-16-7-11(15)3-4-13(16)17/h3-4,7,9-10,12H,5-6,8,15H2,1-2H3. The van der Waals surface area contributed by atoms with Gasteiger partial charge >= 0.3 is 5.97 Å². The monoisotopic (exact) mass is 280 g/mol. The summed E-state index contributed by atoms with van der Waals surface area (Å²) in [5.74, 6) is -0.427. The Kier molecular flexibility index (Phi) is 4.44. The number of hydrogen-bond donors (Lipinski definition) is 1. The molecule has 1 aliphatic heterocycles. The van der Waals surface area contributed by atoms with Crippen LogP contribution in [0.4, 0.5) is 5.69 Å². The molecule has 2 rings (SSSR count). The molecule has 2 N–H and O–H groups in total. The molecule has 0 aromatic carbocycles. The maximum Gasteiger partial charge on any atom is 0.326 e. The number of rotatable bonds is 3. The van der Waals surface area contributed by atoms with E-state index in [0.717, 1.165) is 0 Å². The molecule has 1 saturated heterocycles. The first-order valence-corrected chi connectivity index (χ1v) is 6.75. The van der Waals surface area contributed by atoms with E-state index < -0.39 is 5.97 Å². The smallest absolute Gasteiger partial charge is 0.326 e. The molecule has 1 aromatic rings. The topological polar surface area (TPSA) is 83.5 Å². The third-order valence-corrected chi connectivity index (χ3v) is 3.26. The number of pyridine rings is 1. The van der Waals surface area contributed by atoms with Crippen LogP contribution in [0.1, 0.15) is 26.7 Å². The second-order valence-corrected chi connectivity index (χ2v) is 5.27. The minimum absolute atomic E-state index is 0.0756. The van der Waals surface area contributed by atoms with Crippen LogP contribution >= 0.6 is 0 Å². The van der Waals surface area contributed by atoms with Crippen molar-refractivity contribution in [3.8, 4) is 0 Å². The van der Waals surface area contributed by atoms with Crippen molar-refractivity contribution in [3.05, 3.63) is 28.7 Å². The van der Waals surface area contributed by atoms with E-state index in [0.29, 0.717) is 18.5 Å². The minimum Gasteiger partial charge on any atom is -0.461 e. The largest absolute Gasteiger partial charge is 0.461 e. The molecule has 1 fully saturated rings. The number of carbonyl (C=O) groups is 1. The van der Waals surface area contributed by atoms with Crippen molar-refractivity contribution >= 4 is 11.7 Å². The molecule has 2 heterocycles. The van der Waals surface area contributed by atoms with Crippen molar-refractivity contribution < 1.29 is 14.3 Å². The summed E-state index contributed by atoms with van der Waals surface area (Å²) in [5, 5.41) is 0. The lowest BCUT2D eigenvalue weighted by atomic mass is 10.0. The quantitative estimate of drug-likeness (QED) is 0.833. The summed E-state index contributed by atoms with van der Waals surface area (Å²) in [6, 6.07) is 2.84. The van der Waals surface area contributed by atoms with Crippen molar-refractivity contribution in [2.45, 2.75) is 51.5 Å². The van der Waals surface area contributed by atoms with E-state index in [4.69, 9.17) is 15.2 Å². The third-order valence-electron chi connectivity index (χ3n) is 3.26. The number of nitrogens with two attached hydrogens (primary N) is 1. The summed E-state index contributed by atoms with van der Waals surface area (Å²) in [4.78, 5) is 23.5. The summed E-state index contributed by atoms with van der Waals surface area (Å²) in [7, 11) is 0. The fourth-order valence-electron chi connectivity index (χ4n) is 2.48. The van der Waals surface area contributed by atoms with Crippen LogP contribution in [-0.4, -0.2) is 28.8 Å². The predicted octanol–water partition coefficient (Wildman–Crippen LogP) is 0.930. The van der Waals surface area contributed by atoms with Crippen molar-refractivity contribution in [1.29, 1.82) is 0 Å². The molecule has 0 spiro atoms. The Labute approximate surface area is 117 Å². The molecule has 2 unspecified atom stereocenters. The minimum atomic E-state index is -0.427. The van der Waals surface area contributed by atoms with E-state index in [-0.39, 0.29) is 30.4 Å². The van der Waals surface area contributed by atoms with E-state index in [9.17, 15) is 9.59 Å². The molecule has 0 aliphatic carbocycles. The molecule has 110 valence electrons. The average molecular weight is 280 g/mol. The molecule has 20 heavy (non-hydrogen) atoms. The van der Waals surface area contributed by atoms with Crippen LogP contribution in [0.5, 0.6) is 0 Å². The zero-order valence-corrected chi connectivity index (χ0v) is 11.7. The van der Waals surface area contributed by atoms with Crippen LogP contribution in [-0.2, 0) is 20.8 Å². The van der Waals surface area contributed by atoms with Gasteiger partial charge in [0, 0.05) is 30.8 Å². The Hall–Kier alpha value is -1.82. The summed E-state index contributed by atoms with van der Waals surface area (Å²) >= 11 is 0. The molecule has 2 atom stereocenters. The van der Waals surface area contributed by atoms with Gasteiger partial charge in [-0.15, -0.1) is 0 Å². The molecule has 0 saturated carbocycles. The molecular formula is C14H20N2O4. The number of nitrogens with zero attached hydrogens (tertiary/aromatic N) is 1. The van der Waals surface area contributed by atoms with Crippen molar-refractivity contribution in [3.63, 3.8) is 0 Å². The van der Waals surface area contributed by atoms with Crippen LogP contribution in [0, 0.1) is 0 Å². The Balaban J connectivity index is 1.95. The molecule has 6 heteroatoms. The van der Waals surface area contributed by atoms with E-state index in [1.165, 1.54) is 22.9 Å². The third kappa shape index (κ3) is 3.84. The highest BCUT2D eigenvalue weighted by Gasteiger charge is 2.27. The number of esters is 1. The molecule has 6 nitrogen and oxygen atoms in total. The van der Waals surface area contributed by atoms with Gasteiger partial charge in [0.25, 0.3) is 5.56 Å². The fraction of sp³-hybridized carbons (Fsp3) is 0.571. The van der Waals surface area contributed by atoms with Gasteiger partial charge in [0.1, 0.15) is 12.6 Å². The summed E-state index contributed by atoms with van der Waals surface area (Å²) in [6.45, 7) is 3.79. The van der Waals surface area contributed by atoms with E-state index in [1.54, 1.807) is 0 Å². The number of carbonyl (C=O) groups excluding carboxylic acids is 1. The molecule has 0 radical (unpaired) electrons. The highest BCUT2D eigenvalue weighted by molar-refractivity contribution is 5.69. The lowest BCUT2D eigenvalue weighted by molar-refractivity contribution is -0.160. The lowest BCUT2D eigenvalue weighted by Crippen LogP contribution is -2.36. The Morgan fingerprint density at radius 1 is 1.40 bits per heavy atom. The Morgan fingerprint density at radius 2 is 2.05 bits per heavy atom. The van der Waals surface area contributed by atoms with Crippen LogP contribution < -0.4 is 11.3 Å². The van der Waals surface area contributed by atoms with Gasteiger partial charge in [0.15, 0.2) is 0 Å². The average Bonchev–Trinajstić information content (AvgIpc) is 2.32. The number of aromatic nitrogens is 1. The maximum absolute atomic E-state index is 11.9. The Morgan fingerprint density at radius 3 is 2.70 bits per heavy atom. The highest BCUT2D eigenvalue weighted by atomic mass is 16.6. The van der Waals surface area contributed by atoms with Gasteiger partial charge < -0.3 is 19.8 Å². The van der Waals surface area contributed by atoms with Gasteiger partial charge in [-0.3, -0.25) is 9.59 Å². The van der Waals surface area contributed by atoms with Gasteiger partial charge in [0.05, 0.1) is 12.2 Å². The number of anilines is 1. The summed E-state index contributed by atoms with van der Waals surface area (Å²) < 4.78 is 12.3. The van der Waals surface area contributed by atoms with Crippen molar-refractivity contribution in [2.75, 3.05) is 5.73 Å². The molecule has 0 bridgehead atoms. The van der Waals surface area contributed by atoms with Gasteiger partial charge in [-0.25, -0.2) is 0 Å². The van der Waals surface area contributed by atoms with Crippen LogP contribution in [0.3, 0.4) is 0 Å². The zero-order chi connectivity index (χ0) is 14.7. The molecular weight excluding hydrogens is 260 g/mol. The predicted molar refractivity (Wildman–Crippen MR) is 74.2 cm³/mol. The summed E-state index contributed by atoms with van der Waals surface area (Å²) in [6.07, 6.45) is 2.80.